The Kier molecular flexibility index (Phi) is 7.99. The van der Waals surface area contributed by atoms with Gasteiger partial charge in [0, 0.05) is 5.69 Å². The van der Waals surface area contributed by atoms with Gasteiger partial charge >= 0.3 is 11.9 Å². The lowest BCUT2D eigenvalue weighted by Gasteiger charge is -2.14. The van der Waals surface area contributed by atoms with Gasteiger partial charge in [0.05, 0.1) is 34.0 Å². The van der Waals surface area contributed by atoms with Crippen LogP contribution in [0.4, 0.5) is 5.69 Å². The van der Waals surface area contributed by atoms with Gasteiger partial charge in [0.2, 0.25) is 5.78 Å². The zero-order chi connectivity index (χ0) is 26.6. The van der Waals surface area contributed by atoms with Crippen molar-refractivity contribution < 1.29 is 32.3 Å². The lowest BCUT2D eigenvalue weighted by molar-refractivity contribution is 0.0473. The smallest absolute Gasteiger partial charge is 0.340 e. The molecule has 1 heterocycles. The van der Waals surface area contributed by atoms with E-state index >= 15 is 0 Å². The average Bonchev–Trinajstić information content (AvgIpc) is 3.12. The van der Waals surface area contributed by atoms with Gasteiger partial charge in [-0.25, -0.2) is 18.0 Å². The maximum Gasteiger partial charge on any atom is 0.340 e. The predicted molar refractivity (Wildman–Crippen MR) is 134 cm³/mol. The van der Waals surface area contributed by atoms with E-state index in [0.717, 1.165) is 5.56 Å². The normalized spacial score (nSPS) is 11.1. The summed E-state index contributed by atoms with van der Waals surface area (Å²) in [5.74, 6) is -1.98. The summed E-state index contributed by atoms with van der Waals surface area (Å²) in [5.41, 5.74) is 2.55. The fourth-order valence-electron chi connectivity index (χ4n) is 3.77. The highest BCUT2D eigenvalue weighted by molar-refractivity contribution is 7.92. The van der Waals surface area contributed by atoms with E-state index in [4.69, 9.17) is 9.47 Å². The first kappa shape index (κ1) is 26.7. The molecule has 1 aromatic heterocycles. The first-order valence-electron chi connectivity index (χ1n) is 11.2. The number of benzene rings is 2. The maximum atomic E-state index is 13.0. The predicted octanol–water partition coefficient (Wildman–Crippen LogP) is 4.27. The van der Waals surface area contributed by atoms with Gasteiger partial charge in [-0.2, -0.15) is 0 Å². The minimum atomic E-state index is -3.99. The molecular formula is C26H28N2O7S. The third-order valence-corrected chi connectivity index (χ3v) is 7.06. The summed E-state index contributed by atoms with van der Waals surface area (Å²) < 4.78 is 38.7. The molecule has 0 aliphatic rings. The Hall–Kier alpha value is -3.92. The van der Waals surface area contributed by atoms with Crippen molar-refractivity contribution in [2.24, 2.45) is 0 Å². The fraction of sp³-hybridized carbons (Fsp3) is 0.269. The SMILES string of the molecule is CCOC(=O)c1c(C)[nH]c(C(=O)COC(=O)c2ccccc2NS(=O)(=O)c2cc(C)ccc2C)c1C. The number of para-hydroxylation sites is 1. The third kappa shape index (κ3) is 5.65. The number of hydrogen-bond donors (Lipinski definition) is 2. The van der Waals surface area contributed by atoms with Crippen LogP contribution in [-0.2, 0) is 19.5 Å². The minimum Gasteiger partial charge on any atom is -0.462 e. The van der Waals surface area contributed by atoms with E-state index in [2.05, 4.69) is 9.71 Å². The van der Waals surface area contributed by atoms with E-state index in [1.807, 2.05) is 0 Å². The molecule has 3 aromatic rings. The summed E-state index contributed by atoms with van der Waals surface area (Å²) in [6, 6.07) is 11.0. The van der Waals surface area contributed by atoms with Crippen LogP contribution in [0.2, 0.25) is 0 Å². The zero-order valence-corrected chi connectivity index (χ0v) is 21.5. The quantitative estimate of drug-likeness (QED) is 0.323. The molecule has 0 unspecified atom stereocenters. The molecule has 0 saturated carbocycles. The number of ether oxygens (including phenoxy) is 2. The van der Waals surface area contributed by atoms with Gasteiger partial charge in [-0.3, -0.25) is 9.52 Å². The third-order valence-electron chi connectivity index (χ3n) is 5.55. The summed E-state index contributed by atoms with van der Waals surface area (Å²) in [6.45, 7) is 7.96. The van der Waals surface area contributed by atoms with Crippen molar-refractivity contribution in [2.45, 2.75) is 39.5 Å². The standard InChI is InChI=1S/C26H28N2O7S/c1-6-34-26(31)23-17(4)24(27-18(23)5)21(29)14-35-25(30)19-9-7-8-10-20(19)28-36(32,33)22-13-15(2)11-12-16(22)3/h7-13,27-28H,6,14H2,1-5H3. The second-order valence-electron chi connectivity index (χ2n) is 8.26. The molecule has 9 nitrogen and oxygen atoms in total. The molecule has 10 heteroatoms. The Morgan fingerprint density at radius 2 is 1.64 bits per heavy atom. The molecular weight excluding hydrogens is 484 g/mol. The number of hydrogen-bond acceptors (Lipinski definition) is 7. The molecule has 2 aromatic carbocycles. The number of aromatic amines is 1. The van der Waals surface area contributed by atoms with Gasteiger partial charge in [0.15, 0.2) is 6.61 Å². The number of sulfonamides is 1. The molecule has 0 aliphatic carbocycles. The van der Waals surface area contributed by atoms with Crippen LogP contribution >= 0.6 is 0 Å². The van der Waals surface area contributed by atoms with Crippen LogP contribution in [0.3, 0.4) is 0 Å². The molecule has 190 valence electrons. The van der Waals surface area contributed by atoms with E-state index < -0.39 is 34.4 Å². The van der Waals surface area contributed by atoms with Crippen molar-refractivity contribution in [3.63, 3.8) is 0 Å². The monoisotopic (exact) mass is 512 g/mol. The van der Waals surface area contributed by atoms with E-state index in [9.17, 15) is 22.8 Å². The minimum absolute atomic E-state index is 0.0207. The molecule has 0 fully saturated rings. The van der Waals surface area contributed by atoms with Gasteiger partial charge in [0.1, 0.15) is 0 Å². The van der Waals surface area contributed by atoms with Gasteiger partial charge in [-0.1, -0.05) is 24.3 Å². The van der Waals surface area contributed by atoms with Crippen molar-refractivity contribution in [1.82, 2.24) is 4.98 Å². The zero-order valence-electron chi connectivity index (χ0n) is 20.7. The van der Waals surface area contributed by atoms with Crippen LogP contribution in [0.25, 0.3) is 0 Å². The summed E-state index contributed by atoms with van der Waals surface area (Å²) in [4.78, 5) is 40.7. The highest BCUT2D eigenvalue weighted by Gasteiger charge is 2.25. The molecule has 0 bridgehead atoms. The number of aromatic nitrogens is 1. The second kappa shape index (κ2) is 10.8. The first-order valence-corrected chi connectivity index (χ1v) is 12.7. The number of nitrogens with one attached hydrogen (secondary N) is 2. The molecule has 0 atom stereocenters. The van der Waals surface area contributed by atoms with E-state index in [1.165, 1.54) is 12.1 Å². The molecule has 36 heavy (non-hydrogen) atoms. The number of carbonyl (C=O) groups is 3. The summed E-state index contributed by atoms with van der Waals surface area (Å²) in [5, 5.41) is 0. The van der Waals surface area contributed by atoms with Gasteiger partial charge in [0.25, 0.3) is 10.0 Å². The number of aryl methyl sites for hydroxylation is 3. The lowest BCUT2D eigenvalue weighted by atomic mass is 10.1. The van der Waals surface area contributed by atoms with Gasteiger partial charge in [-0.15, -0.1) is 0 Å². The van der Waals surface area contributed by atoms with Gasteiger partial charge in [-0.05, 0) is 69.5 Å². The summed E-state index contributed by atoms with van der Waals surface area (Å²) in [6.07, 6.45) is 0. The van der Waals surface area contributed by atoms with E-state index in [-0.39, 0.29) is 34.0 Å². The highest BCUT2D eigenvalue weighted by Crippen LogP contribution is 2.24. The van der Waals surface area contributed by atoms with Crippen LogP contribution in [-0.4, -0.2) is 44.3 Å². The second-order valence-corrected chi connectivity index (χ2v) is 9.92. The Morgan fingerprint density at radius 3 is 2.33 bits per heavy atom. The molecule has 0 aliphatic heterocycles. The van der Waals surface area contributed by atoms with Crippen molar-refractivity contribution in [1.29, 1.82) is 0 Å². The number of Topliss-reactive ketones (excluding diaryl/α,β-unsaturated/α-hetero) is 1. The molecule has 0 radical (unpaired) electrons. The molecule has 2 N–H and O–H groups in total. The summed E-state index contributed by atoms with van der Waals surface area (Å²) >= 11 is 0. The largest absolute Gasteiger partial charge is 0.462 e. The van der Waals surface area contributed by atoms with Crippen LogP contribution in [0.5, 0.6) is 0 Å². The Balaban J connectivity index is 1.78. The number of rotatable bonds is 9. The van der Waals surface area contributed by atoms with Crippen LogP contribution < -0.4 is 4.72 Å². The molecule has 0 saturated heterocycles. The highest BCUT2D eigenvalue weighted by atomic mass is 32.2. The lowest BCUT2D eigenvalue weighted by Crippen LogP contribution is -2.19. The van der Waals surface area contributed by atoms with Crippen molar-refractivity contribution in [3.8, 4) is 0 Å². The van der Waals surface area contributed by atoms with Crippen LogP contribution in [0.1, 0.15) is 60.5 Å². The van der Waals surface area contributed by atoms with Crippen molar-refractivity contribution in [2.75, 3.05) is 17.9 Å². The average molecular weight is 513 g/mol. The first-order chi connectivity index (χ1) is 17.0. The fourth-order valence-corrected chi connectivity index (χ4v) is 5.18. The number of ketones is 1. The topological polar surface area (TPSA) is 132 Å². The van der Waals surface area contributed by atoms with E-state index in [0.29, 0.717) is 16.8 Å². The van der Waals surface area contributed by atoms with Crippen LogP contribution in [0, 0.1) is 27.7 Å². The maximum absolute atomic E-state index is 13.0. The number of H-pyrrole nitrogens is 1. The van der Waals surface area contributed by atoms with Crippen LogP contribution in [0.15, 0.2) is 47.4 Å². The van der Waals surface area contributed by atoms with Crippen molar-refractivity contribution >= 4 is 33.4 Å². The molecule has 0 spiro atoms. The number of anilines is 1. The molecule has 3 rings (SSSR count). The summed E-state index contributed by atoms with van der Waals surface area (Å²) in [7, 11) is -3.99. The molecule has 0 amide bonds. The van der Waals surface area contributed by atoms with Gasteiger partial charge < -0.3 is 14.5 Å². The number of esters is 2. The van der Waals surface area contributed by atoms with Crippen molar-refractivity contribution in [3.05, 3.63) is 81.7 Å². The Bertz CT molecular complexity index is 1440. The Morgan fingerprint density at radius 1 is 0.944 bits per heavy atom. The van der Waals surface area contributed by atoms with E-state index in [1.54, 1.807) is 65.0 Å². The Labute approximate surface area is 209 Å². The number of carbonyl (C=O) groups excluding carboxylic acids is 3.